The van der Waals surface area contributed by atoms with Gasteiger partial charge in [-0.3, -0.25) is 9.59 Å². The zero-order valence-corrected chi connectivity index (χ0v) is 10.3. The number of amides is 1. The number of thioether (sulfide) groups is 1. The van der Waals surface area contributed by atoms with Gasteiger partial charge in [-0.1, -0.05) is 13.8 Å². The van der Waals surface area contributed by atoms with E-state index in [1.807, 2.05) is 25.6 Å². The third kappa shape index (κ3) is 1.93. The van der Waals surface area contributed by atoms with Crippen LogP contribution in [0.1, 0.15) is 20.3 Å². The van der Waals surface area contributed by atoms with E-state index in [0.29, 0.717) is 0 Å². The summed E-state index contributed by atoms with van der Waals surface area (Å²) in [5.74, 6) is 0.242. The van der Waals surface area contributed by atoms with E-state index in [-0.39, 0.29) is 23.3 Å². The highest BCUT2D eigenvalue weighted by Crippen LogP contribution is 2.58. The molecule has 2 N–H and O–H groups in total. The smallest absolute Gasteiger partial charge is 0.307 e. The molecule has 90 valence electrons. The van der Waals surface area contributed by atoms with Gasteiger partial charge >= 0.3 is 5.97 Å². The molecule has 1 amide bonds. The van der Waals surface area contributed by atoms with Crippen LogP contribution in [0.15, 0.2) is 0 Å². The van der Waals surface area contributed by atoms with E-state index in [9.17, 15) is 9.59 Å². The fourth-order valence-corrected chi connectivity index (χ4v) is 3.68. The van der Waals surface area contributed by atoms with Crippen molar-refractivity contribution in [1.29, 1.82) is 0 Å². The number of nitrogens with one attached hydrogen (secondary N) is 1. The lowest BCUT2D eigenvalue weighted by Crippen LogP contribution is -2.36. The maximum Gasteiger partial charge on any atom is 0.307 e. The Balaban J connectivity index is 1.93. The summed E-state index contributed by atoms with van der Waals surface area (Å²) < 4.78 is 0. The normalized spacial score (nSPS) is 35.8. The molecule has 2 rings (SSSR count). The van der Waals surface area contributed by atoms with Crippen LogP contribution in [0.25, 0.3) is 0 Å². The van der Waals surface area contributed by atoms with Gasteiger partial charge < -0.3 is 10.4 Å². The summed E-state index contributed by atoms with van der Waals surface area (Å²) in [6, 6.07) is 0.239. The molecule has 0 aromatic rings. The van der Waals surface area contributed by atoms with E-state index in [0.717, 1.165) is 17.9 Å². The molecule has 0 bridgehead atoms. The van der Waals surface area contributed by atoms with E-state index in [4.69, 9.17) is 5.11 Å². The number of hydrogen-bond acceptors (Lipinski definition) is 3. The number of aliphatic carboxylic acids is 1. The Morgan fingerprint density at radius 2 is 2.06 bits per heavy atom. The molecule has 16 heavy (non-hydrogen) atoms. The lowest BCUT2D eigenvalue weighted by molar-refractivity contribution is -0.140. The minimum absolute atomic E-state index is 0.0788. The number of carbonyl (C=O) groups is 2. The zero-order valence-electron chi connectivity index (χ0n) is 9.53. The molecular weight excluding hydrogens is 226 g/mol. The van der Waals surface area contributed by atoms with Crippen LogP contribution in [0.4, 0.5) is 0 Å². The average molecular weight is 243 g/mol. The molecule has 1 saturated carbocycles. The van der Waals surface area contributed by atoms with Gasteiger partial charge in [-0.15, -0.1) is 0 Å². The average Bonchev–Trinajstić information content (AvgIpc) is 2.58. The molecule has 1 aliphatic carbocycles. The molecule has 2 aliphatic rings. The van der Waals surface area contributed by atoms with Gasteiger partial charge in [-0.25, -0.2) is 0 Å². The summed E-state index contributed by atoms with van der Waals surface area (Å²) in [5.41, 5.74) is -0.387. The van der Waals surface area contributed by atoms with Gasteiger partial charge in [0.1, 0.15) is 0 Å². The standard InChI is InChI=1S/C11H17NO3S/c1-11(2)7(8(11)10(14)15)9(13)12-6-3-4-16-5-6/h6-8H,3-5H2,1-2H3,(H,12,13)(H,14,15)/t6?,7-,8+/m1/s1. The van der Waals surface area contributed by atoms with Crippen LogP contribution in [0.5, 0.6) is 0 Å². The number of carbonyl (C=O) groups excluding carboxylic acids is 1. The second-order valence-electron chi connectivity index (χ2n) is 5.18. The minimum atomic E-state index is -0.856. The molecule has 0 spiro atoms. The summed E-state index contributed by atoms with van der Waals surface area (Å²) >= 11 is 1.83. The molecule has 0 aromatic heterocycles. The predicted molar refractivity (Wildman–Crippen MR) is 62.3 cm³/mol. The summed E-state index contributed by atoms with van der Waals surface area (Å²) in [5, 5.41) is 11.9. The van der Waals surface area contributed by atoms with Crippen LogP contribution in [0.2, 0.25) is 0 Å². The van der Waals surface area contributed by atoms with Crippen molar-refractivity contribution in [2.24, 2.45) is 17.3 Å². The summed E-state index contributed by atoms with van der Waals surface area (Å²) in [7, 11) is 0. The molecule has 1 heterocycles. The third-order valence-corrected chi connectivity index (χ3v) is 4.81. The van der Waals surface area contributed by atoms with Crippen molar-refractivity contribution in [3.63, 3.8) is 0 Å². The lowest BCUT2D eigenvalue weighted by atomic mass is 10.1. The van der Waals surface area contributed by atoms with Crippen LogP contribution < -0.4 is 5.32 Å². The molecule has 1 aliphatic heterocycles. The number of carboxylic acids is 1. The summed E-state index contributed by atoms with van der Waals surface area (Å²) in [4.78, 5) is 22.9. The van der Waals surface area contributed by atoms with Crippen LogP contribution in [-0.4, -0.2) is 34.5 Å². The van der Waals surface area contributed by atoms with Gasteiger partial charge in [0.05, 0.1) is 11.8 Å². The first-order valence-electron chi connectivity index (χ1n) is 5.55. The SMILES string of the molecule is CC1(C)[C@H](C(=O)O)[C@@H]1C(=O)NC1CCSC1. The first-order valence-corrected chi connectivity index (χ1v) is 6.71. The molecule has 1 unspecified atom stereocenters. The molecule has 4 nitrogen and oxygen atoms in total. The third-order valence-electron chi connectivity index (χ3n) is 3.65. The Hall–Kier alpha value is -0.710. The van der Waals surface area contributed by atoms with E-state index >= 15 is 0 Å². The van der Waals surface area contributed by atoms with Crippen LogP contribution in [0.3, 0.4) is 0 Å². The quantitative estimate of drug-likeness (QED) is 0.775. The molecule has 0 radical (unpaired) electrons. The molecule has 3 atom stereocenters. The molecule has 2 fully saturated rings. The van der Waals surface area contributed by atoms with Crippen molar-refractivity contribution in [3.8, 4) is 0 Å². The van der Waals surface area contributed by atoms with Crippen LogP contribution in [0, 0.1) is 17.3 Å². The Kier molecular flexibility index (Phi) is 2.90. The van der Waals surface area contributed by atoms with Crippen molar-refractivity contribution in [1.82, 2.24) is 5.32 Å². The fraction of sp³-hybridized carbons (Fsp3) is 0.818. The van der Waals surface area contributed by atoms with Crippen molar-refractivity contribution in [2.75, 3.05) is 11.5 Å². The summed E-state index contributed by atoms with van der Waals surface area (Å²) in [6.45, 7) is 3.69. The van der Waals surface area contributed by atoms with Gasteiger partial charge in [0.25, 0.3) is 0 Å². The second-order valence-corrected chi connectivity index (χ2v) is 6.33. The van der Waals surface area contributed by atoms with Crippen molar-refractivity contribution in [2.45, 2.75) is 26.3 Å². The van der Waals surface area contributed by atoms with E-state index < -0.39 is 11.9 Å². The van der Waals surface area contributed by atoms with Gasteiger partial charge in [-0.05, 0) is 17.6 Å². The van der Waals surface area contributed by atoms with Gasteiger partial charge in [0.2, 0.25) is 5.91 Å². The van der Waals surface area contributed by atoms with E-state index in [1.165, 1.54) is 0 Å². The Morgan fingerprint density at radius 1 is 1.38 bits per heavy atom. The molecular formula is C11H17NO3S. The van der Waals surface area contributed by atoms with Gasteiger partial charge in [-0.2, -0.15) is 11.8 Å². The second kappa shape index (κ2) is 3.95. The van der Waals surface area contributed by atoms with Crippen LogP contribution in [-0.2, 0) is 9.59 Å². The highest BCUT2D eigenvalue weighted by atomic mass is 32.2. The number of carboxylic acid groups (broad SMARTS) is 1. The maximum absolute atomic E-state index is 11.9. The fourth-order valence-electron chi connectivity index (χ4n) is 2.53. The summed E-state index contributed by atoms with van der Waals surface area (Å²) in [6.07, 6.45) is 1.00. The van der Waals surface area contributed by atoms with Crippen molar-refractivity contribution < 1.29 is 14.7 Å². The highest BCUT2D eigenvalue weighted by molar-refractivity contribution is 7.99. The Morgan fingerprint density at radius 3 is 2.50 bits per heavy atom. The maximum atomic E-state index is 11.9. The molecule has 5 heteroatoms. The van der Waals surface area contributed by atoms with Crippen LogP contribution >= 0.6 is 11.8 Å². The lowest BCUT2D eigenvalue weighted by Gasteiger charge is -2.11. The zero-order chi connectivity index (χ0) is 11.9. The Bertz CT molecular complexity index is 323. The van der Waals surface area contributed by atoms with E-state index in [1.54, 1.807) is 0 Å². The number of hydrogen-bond donors (Lipinski definition) is 2. The highest BCUT2D eigenvalue weighted by Gasteiger charge is 2.65. The first kappa shape index (κ1) is 11.8. The monoisotopic (exact) mass is 243 g/mol. The topological polar surface area (TPSA) is 66.4 Å². The molecule has 1 saturated heterocycles. The predicted octanol–water partition coefficient (Wildman–Crippen LogP) is 0.965. The minimum Gasteiger partial charge on any atom is -0.481 e. The first-order chi connectivity index (χ1) is 7.44. The van der Waals surface area contributed by atoms with Gasteiger partial charge in [0.15, 0.2) is 0 Å². The molecule has 0 aromatic carbocycles. The Labute approximate surface area is 99.2 Å². The van der Waals surface area contributed by atoms with Gasteiger partial charge in [0, 0.05) is 11.8 Å². The van der Waals surface area contributed by atoms with Crippen molar-refractivity contribution in [3.05, 3.63) is 0 Å². The number of rotatable bonds is 3. The van der Waals surface area contributed by atoms with E-state index in [2.05, 4.69) is 5.32 Å². The van der Waals surface area contributed by atoms with Crippen molar-refractivity contribution >= 4 is 23.6 Å². The largest absolute Gasteiger partial charge is 0.481 e.